The van der Waals surface area contributed by atoms with Crippen LogP contribution >= 0.6 is 0 Å². The van der Waals surface area contributed by atoms with Crippen LogP contribution in [0, 0.1) is 12.3 Å². The Morgan fingerprint density at radius 2 is 1.93 bits per heavy atom. The fourth-order valence-corrected chi connectivity index (χ4v) is 4.08. The molecule has 2 aromatic carbocycles. The summed E-state index contributed by atoms with van der Waals surface area (Å²) in [7, 11) is 1.65. The number of H-pyrrole nitrogens is 1. The quantitative estimate of drug-likeness (QED) is 0.723. The van der Waals surface area contributed by atoms with E-state index in [0.717, 1.165) is 34.6 Å². The highest BCUT2D eigenvalue weighted by atomic mass is 16.5. The number of imidazole rings is 1. The van der Waals surface area contributed by atoms with Crippen LogP contribution in [0.4, 0.5) is 0 Å². The van der Waals surface area contributed by atoms with E-state index >= 15 is 0 Å². The first kappa shape index (κ1) is 17.6. The van der Waals surface area contributed by atoms with Crippen LogP contribution in [0.15, 0.2) is 42.5 Å². The van der Waals surface area contributed by atoms with Gasteiger partial charge in [0.05, 0.1) is 30.1 Å². The summed E-state index contributed by atoms with van der Waals surface area (Å²) in [6.07, 6.45) is 0.831. The maximum Gasteiger partial charge on any atom is 0.231 e. The Morgan fingerprint density at radius 1 is 1.22 bits per heavy atom. The van der Waals surface area contributed by atoms with Crippen molar-refractivity contribution in [2.24, 2.45) is 5.41 Å². The van der Waals surface area contributed by atoms with Crippen molar-refractivity contribution in [3.63, 3.8) is 0 Å². The fourth-order valence-electron chi connectivity index (χ4n) is 4.08. The summed E-state index contributed by atoms with van der Waals surface area (Å²) < 4.78 is 5.24. The van der Waals surface area contributed by atoms with Gasteiger partial charge in [-0.15, -0.1) is 0 Å². The van der Waals surface area contributed by atoms with Crippen molar-refractivity contribution >= 4 is 16.9 Å². The molecule has 1 aliphatic carbocycles. The number of aromatic amines is 1. The number of hydrogen-bond donors (Lipinski definition) is 2. The molecule has 3 aromatic rings. The molecule has 1 amide bonds. The topological polar surface area (TPSA) is 67.0 Å². The van der Waals surface area contributed by atoms with Crippen LogP contribution in [-0.2, 0) is 16.8 Å². The Kier molecular flexibility index (Phi) is 3.98. The number of methoxy groups -OCH3 is 1. The minimum atomic E-state index is -0.498. The molecular formula is C22H25N3O2. The molecule has 0 radical (unpaired) electrons. The van der Waals surface area contributed by atoms with E-state index in [1.54, 1.807) is 7.11 Å². The van der Waals surface area contributed by atoms with E-state index in [2.05, 4.69) is 42.1 Å². The Labute approximate surface area is 159 Å². The number of carbonyl (C=O) groups excluding carboxylic acids is 1. The zero-order valence-corrected chi connectivity index (χ0v) is 16.2. The lowest BCUT2D eigenvalue weighted by atomic mass is 9.87. The molecule has 0 aliphatic heterocycles. The van der Waals surface area contributed by atoms with Gasteiger partial charge in [0.2, 0.25) is 5.91 Å². The molecule has 0 saturated heterocycles. The number of amides is 1. The first-order chi connectivity index (χ1) is 12.9. The molecule has 1 heterocycles. The molecular weight excluding hydrogens is 338 g/mol. The summed E-state index contributed by atoms with van der Waals surface area (Å²) in [4.78, 5) is 21.0. The van der Waals surface area contributed by atoms with Gasteiger partial charge in [-0.3, -0.25) is 4.79 Å². The third kappa shape index (κ3) is 2.87. The predicted molar refractivity (Wildman–Crippen MR) is 106 cm³/mol. The van der Waals surface area contributed by atoms with Gasteiger partial charge in [-0.1, -0.05) is 32.0 Å². The van der Waals surface area contributed by atoms with Gasteiger partial charge in [0.1, 0.15) is 11.6 Å². The lowest BCUT2D eigenvalue weighted by Crippen LogP contribution is -2.37. The highest BCUT2D eigenvalue weighted by Crippen LogP contribution is 2.64. The van der Waals surface area contributed by atoms with Crippen molar-refractivity contribution in [3.05, 3.63) is 59.4 Å². The third-order valence-corrected chi connectivity index (χ3v) is 5.81. The minimum absolute atomic E-state index is 0.0503. The van der Waals surface area contributed by atoms with E-state index in [-0.39, 0.29) is 11.3 Å². The number of nitrogens with one attached hydrogen (secondary N) is 2. The summed E-state index contributed by atoms with van der Waals surface area (Å²) in [6, 6.07) is 13.9. The summed E-state index contributed by atoms with van der Waals surface area (Å²) in [5.41, 5.74) is 3.56. The van der Waals surface area contributed by atoms with Crippen molar-refractivity contribution in [2.45, 2.75) is 39.2 Å². The zero-order valence-electron chi connectivity index (χ0n) is 16.2. The van der Waals surface area contributed by atoms with Gasteiger partial charge in [0, 0.05) is 0 Å². The van der Waals surface area contributed by atoms with Crippen molar-refractivity contribution in [1.82, 2.24) is 15.3 Å². The Bertz CT molecular complexity index is 1000. The average molecular weight is 363 g/mol. The van der Waals surface area contributed by atoms with E-state index in [4.69, 9.17) is 4.74 Å². The first-order valence-corrected chi connectivity index (χ1v) is 9.24. The lowest BCUT2D eigenvalue weighted by molar-refractivity contribution is -0.124. The van der Waals surface area contributed by atoms with Crippen molar-refractivity contribution in [1.29, 1.82) is 0 Å². The molecule has 4 rings (SSSR count). The van der Waals surface area contributed by atoms with Crippen LogP contribution in [0.2, 0.25) is 0 Å². The number of hydrogen-bond acceptors (Lipinski definition) is 3. The highest BCUT2D eigenvalue weighted by molar-refractivity contribution is 5.93. The van der Waals surface area contributed by atoms with E-state index in [0.29, 0.717) is 6.54 Å². The van der Waals surface area contributed by atoms with Crippen LogP contribution in [0.1, 0.15) is 37.2 Å². The van der Waals surface area contributed by atoms with Crippen LogP contribution < -0.4 is 10.1 Å². The number of fused-ring (bicyclic) bond motifs is 1. The van der Waals surface area contributed by atoms with Gasteiger partial charge in [-0.25, -0.2) is 4.98 Å². The van der Waals surface area contributed by atoms with Gasteiger partial charge in [0.25, 0.3) is 0 Å². The molecule has 5 heteroatoms. The first-order valence-electron chi connectivity index (χ1n) is 9.24. The van der Waals surface area contributed by atoms with Crippen LogP contribution in [0.25, 0.3) is 11.0 Å². The number of aromatic nitrogens is 2. The maximum atomic E-state index is 13.2. The summed E-state index contributed by atoms with van der Waals surface area (Å²) in [5.74, 6) is 1.62. The molecule has 140 valence electrons. The normalized spacial score (nSPS) is 20.4. The second-order valence-corrected chi connectivity index (χ2v) is 8.08. The van der Waals surface area contributed by atoms with E-state index in [9.17, 15) is 4.79 Å². The Morgan fingerprint density at radius 3 is 2.56 bits per heavy atom. The molecule has 2 N–H and O–H groups in total. The number of rotatable bonds is 5. The smallest absolute Gasteiger partial charge is 0.231 e. The molecule has 1 unspecified atom stereocenters. The van der Waals surface area contributed by atoms with Gasteiger partial charge in [0.15, 0.2) is 0 Å². The number of nitrogens with zero attached hydrogens (tertiary/aromatic N) is 1. The molecule has 1 saturated carbocycles. The van der Waals surface area contributed by atoms with Crippen LogP contribution in [-0.4, -0.2) is 23.0 Å². The zero-order chi connectivity index (χ0) is 19.2. The average Bonchev–Trinajstić information content (AvgIpc) is 3.04. The number of ether oxygens (including phenoxy) is 1. The lowest BCUT2D eigenvalue weighted by Gasteiger charge is -2.20. The molecule has 1 fully saturated rings. The molecule has 1 atom stereocenters. The number of benzene rings is 2. The van der Waals surface area contributed by atoms with E-state index < -0.39 is 5.41 Å². The summed E-state index contributed by atoms with van der Waals surface area (Å²) in [5, 5.41) is 3.10. The standard InChI is InChI=1S/C22H25N3O2/c1-14-5-10-17-18(11-14)25-19(24-17)12-23-20(26)22(13-21(22,2)3)15-6-8-16(27-4)9-7-15/h5-11H,12-13H2,1-4H3,(H,23,26)(H,24,25). The number of aryl methyl sites for hydroxylation is 1. The molecule has 0 bridgehead atoms. The number of carbonyl (C=O) groups is 1. The molecule has 27 heavy (non-hydrogen) atoms. The maximum absolute atomic E-state index is 13.2. The van der Waals surface area contributed by atoms with E-state index in [1.165, 1.54) is 5.56 Å². The molecule has 0 spiro atoms. The second kappa shape index (κ2) is 6.12. The van der Waals surface area contributed by atoms with Gasteiger partial charge < -0.3 is 15.0 Å². The van der Waals surface area contributed by atoms with Crippen molar-refractivity contribution in [3.8, 4) is 5.75 Å². The van der Waals surface area contributed by atoms with Crippen LogP contribution in [0.3, 0.4) is 0 Å². The van der Waals surface area contributed by atoms with Crippen LogP contribution in [0.5, 0.6) is 5.75 Å². The monoisotopic (exact) mass is 363 g/mol. The van der Waals surface area contributed by atoms with Crippen molar-refractivity contribution < 1.29 is 9.53 Å². The molecule has 5 nitrogen and oxygen atoms in total. The molecule has 1 aromatic heterocycles. The third-order valence-electron chi connectivity index (χ3n) is 5.81. The summed E-state index contributed by atoms with van der Waals surface area (Å²) >= 11 is 0. The predicted octanol–water partition coefficient (Wildman–Crippen LogP) is 3.86. The van der Waals surface area contributed by atoms with Crippen molar-refractivity contribution in [2.75, 3.05) is 7.11 Å². The van der Waals surface area contributed by atoms with Gasteiger partial charge >= 0.3 is 0 Å². The highest BCUT2D eigenvalue weighted by Gasteiger charge is 2.66. The largest absolute Gasteiger partial charge is 0.497 e. The fraction of sp³-hybridized carbons (Fsp3) is 0.364. The molecule has 1 aliphatic rings. The van der Waals surface area contributed by atoms with Gasteiger partial charge in [-0.2, -0.15) is 0 Å². The summed E-state index contributed by atoms with van der Waals surface area (Å²) in [6.45, 7) is 6.72. The SMILES string of the molecule is COc1ccc(C2(C(=O)NCc3nc4ccc(C)cc4[nH]3)CC2(C)C)cc1. The Hall–Kier alpha value is -2.82. The Balaban J connectivity index is 1.54. The van der Waals surface area contributed by atoms with Gasteiger partial charge in [-0.05, 0) is 54.2 Å². The van der Waals surface area contributed by atoms with E-state index in [1.807, 2.05) is 36.4 Å². The second-order valence-electron chi connectivity index (χ2n) is 8.08. The minimum Gasteiger partial charge on any atom is -0.497 e.